The molecule has 0 radical (unpaired) electrons. The minimum Gasteiger partial charge on any atom is -0.350 e. The van der Waals surface area contributed by atoms with E-state index in [4.69, 9.17) is 0 Å². The molecule has 4 rings (SSSR count). The van der Waals surface area contributed by atoms with E-state index in [1.807, 2.05) is 86.0 Å². The topological polar surface area (TPSA) is 46.4 Å². The monoisotopic (exact) mass is 367 g/mol. The van der Waals surface area contributed by atoms with Crippen molar-refractivity contribution in [3.63, 3.8) is 0 Å². The van der Waals surface area contributed by atoms with Gasteiger partial charge in [-0.25, -0.2) is 5.43 Å². The van der Waals surface area contributed by atoms with Gasteiger partial charge in [-0.15, -0.1) is 0 Å². The molecule has 138 valence electrons. The van der Waals surface area contributed by atoms with Crippen LogP contribution >= 0.6 is 0 Å². The van der Waals surface area contributed by atoms with Gasteiger partial charge < -0.3 is 4.57 Å². The van der Waals surface area contributed by atoms with Crippen molar-refractivity contribution in [2.75, 3.05) is 0 Å². The Labute approximate surface area is 164 Å². The Morgan fingerprint density at radius 3 is 2.11 bits per heavy atom. The molecule has 1 amide bonds. The quantitative estimate of drug-likeness (QED) is 0.411. The lowest BCUT2D eigenvalue weighted by Gasteiger charge is -2.16. The Kier molecular flexibility index (Phi) is 5.02. The van der Waals surface area contributed by atoms with E-state index in [2.05, 4.69) is 27.2 Å². The average Bonchev–Trinajstić information content (AvgIpc) is 3.06. The molecule has 0 unspecified atom stereocenters. The Hall–Kier alpha value is -3.66. The lowest BCUT2D eigenvalue weighted by Crippen LogP contribution is -2.26. The van der Waals surface area contributed by atoms with Crippen LogP contribution in [0.15, 0.2) is 96.2 Å². The largest absolute Gasteiger partial charge is 0.350 e. The number of amides is 1. The standard InChI is InChI=1S/C24H21N3O/c1-27-17-20(21-14-8-9-15-22(21)27)16-25-26-24(28)23(18-10-4-2-5-11-18)19-12-6-3-7-13-19/h2-17,23H,1H3,(H,26,28)/b25-16-. The van der Waals surface area contributed by atoms with Crippen molar-refractivity contribution in [3.8, 4) is 0 Å². The number of para-hydroxylation sites is 1. The molecule has 3 aromatic carbocycles. The van der Waals surface area contributed by atoms with E-state index >= 15 is 0 Å². The number of aromatic nitrogens is 1. The van der Waals surface area contributed by atoms with Gasteiger partial charge in [-0.05, 0) is 17.2 Å². The summed E-state index contributed by atoms with van der Waals surface area (Å²) in [4.78, 5) is 13.0. The molecule has 28 heavy (non-hydrogen) atoms. The predicted molar refractivity (Wildman–Crippen MR) is 113 cm³/mol. The van der Waals surface area contributed by atoms with Crippen LogP contribution in [0.4, 0.5) is 0 Å². The van der Waals surface area contributed by atoms with Crippen LogP contribution in [0.1, 0.15) is 22.6 Å². The second kappa shape index (κ2) is 7.92. The van der Waals surface area contributed by atoms with E-state index in [1.54, 1.807) is 6.21 Å². The second-order valence-electron chi connectivity index (χ2n) is 6.70. The van der Waals surface area contributed by atoms with Gasteiger partial charge in [0.15, 0.2) is 0 Å². The lowest BCUT2D eigenvalue weighted by atomic mass is 9.91. The van der Waals surface area contributed by atoms with E-state index in [0.717, 1.165) is 27.6 Å². The fourth-order valence-corrected chi connectivity index (χ4v) is 3.49. The molecular weight excluding hydrogens is 346 g/mol. The molecule has 4 nitrogen and oxygen atoms in total. The van der Waals surface area contributed by atoms with Gasteiger partial charge in [-0.3, -0.25) is 4.79 Å². The van der Waals surface area contributed by atoms with Crippen LogP contribution in [0, 0.1) is 0 Å². The molecule has 0 aliphatic heterocycles. The molecule has 0 spiro atoms. The number of fused-ring (bicyclic) bond motifs is 1. The van der Waals surface area contributed by atoms with Crippen LogP contribution in [-0.2, 0) is 11.8 Å². The third kappa shape index (κ3) is 3.58. The van der Waals surface area contributed by atoms with Gasteiger partial charge in [0.05, 0.1) is 12.1 Å². The van der Waals surface area contributed by atoms with Crippen molar-refractivity contribution in [3.05, 3.63) is 108 Å². The number of carbonyl (C=O) groups excluding carboxylic acids is 1. The van der Waals surface area contributed by atoms with Gasteiger partial charge in [-0.2, -0.15) is 5.10 Å². The van der Waals surface area contributed by atoms with E-state index in [-0.39, 0.29) is 5.91 Å². The Morgan fingerprint density at radius 2 is 1.46 bits per heavy atom. The first-order valence-corrected chi connectivity index (χ1v) is 9.21. The molecule has 1 heterocycles. The summed E-state index contributed by atoms with van der Waals surface area (Å²) in [7, 11) is 2.00. The molecule has 0 bridgehead atoms. The van der Waals surface area contributed by atoms with Crippen LogP contribution in [0.25, 0.3) is 10.9 Å². The normalized spacial score (nSPS) is 11.4. The Morgan fingerprint density at radius 1 is 0.893 bits per heavy atom. The van der Waals surface area contributed by atoms with E-state index in [1.165, 1.54) is 0 Å². The van der Waals surface area contributed by atoms with Gasteiger partial charge >= 0.3 is 0 Å². The maximum absolute atomic E-state index is 13.0. The van der Waals surface area contributed by atoms with Crippen LogP contribution < -0.4 is 5.43 Å². The van der Waals surface area contributed by atoms with Crippen molar-refractivity contribution in [2.24, 2.45) is 12.1 Å². The summed E-state index contributed by atoms with van der Waals surface area (Å²) in [5, 5.41) is 5.34. The van der Waals surface area contributed by atoms with E-state index in [9.17, 15) is 4.79 Å². The maximum Gasteiger partial charge on any atom is 0.252 e. The molecule has 0 saturated heterocycles. The number of rotatable bonds is 5. The minimum atomic E-state index is -0.410. The summed E-state index contributed by atoms with van der Waals surface area (Å²) in [6.45, 7) is 0. The van der Waals surface area contributed by atoms with Crippen LogP contribution in [0.3, 0.4) is 0 Å². The maximum atomic E-state index is 13.0. The van der Waals surface area contributed by atoms with Gasteiger partial charge in [0.2, 0.25) is 0 Å². The number of hydrogen-bond donors (Lipinski definition) is 1. The number of carbonyl (C=O) groups is 1. The number of hydrazone groups is 1. The SMILES string of the molecule is Cn1cc(/C=N\NC(=O)C(c2ccccc2)c2ccccc2)c2ccccc21. The van der Waals surface area contributed by atoms with E-state index < -0.39 is 5.92 Å². The first kappa shape index (κ1) is 17.7. The fourth-order valence-electron chi connectivity index (χ4n) is 3.49. The predicted octanol–water partition coefficient (Wildman–Crippen LogP) is 4.46. The van der Waals surface area contributed by atoms with Gasteiger partial charge in [0.25, 0.3) is 5.91 Å². The average molecular weight is 367 g/mol. The smallest absolute Gasteiger partial charge is 0.252 e. The highest BCUT2D eigenvalue weighted by atomic mass is 16.2. The third-order valence-electron chi connectivity index (χ3n) is 4.83. The molecule has 1 aromatic heterocycles. The zero-order valence-electron chi connectivity index (χ0n) is 15.6. The van der Waals surface area contributed by atoms with Crippen molar-refractivity contribution >= 4 is 23.0 Å². The second-order valence-corrected chi connectivity index (χ2v) is 6.70. The third-order valence-corrected chi connectivity index (χ3v) is 4.83. The Bertz CT molecular complexity index is 1080. The minimum absolute atomic E-state index is 0.158. The molecule has 0 saturated carbocycles. The summed E-state index contributed by atoms with van der Waals surface area (Å²) in [5.74, 6) is -0.569. The van der Waals surface area contributed by atoms with Crippen LogP contribution in [0.5, 0.6) is 0 Å². The molecule has 0 atom stereocenters. The molecule has 1 N–H and O–H groups in total. The van der Waals surface area contributed by atoms with Crippen molar-refractivity contribution in [1.82, 2.24) is 9.99 Å². The molecule has 4 heteroatoms. The van der Waals surface area contributed by atoms with Crippen molar-refractivity contribution in [1.29, 1.82) is 0 Å². The Balaban J connectivity index is 1.59. The summed E-state index contributed by atoms with van der Waals surface area (Å²) in [6.07, 6.45) is 3.71. The molecular formula is C24H21N3O. The summed E-state index contributed by atoms with van der Waals surface area (Å²) in [5.41, 5.74) is 6.69. The van der Waals surface area contributed by atoms with E-state index in [0.29, 0.717) is 0 Å². The molecule has 4 aromatic rings. The molecule has 0 fully saturated rings. The zero-order valence-corrected chi connectivity index (χ0v) is 15.6. The lowest BCUT2D eigenvalue weighted by molar-refractivity contribution is -0.121. The highest BCUT2D eigenvalue weighted by Crippen LogP contribution is 2.24. The summed E-state index contributed by atoms with van der Waals surface area (Å²) >= 11 is 0. The summed E-state index contributed by atoms with van der Waals surface area (Å²) in [6, 6.07) is 27.6. The first-order valence-electron chi connectivity index (χ1n) is 9.21. The highest BCUT2D eigenvalue weighted by molar-refractivity contribution is 5.99. The van der Waals surface area contributed by atoms with Gasteiger partial charge in [0, 0.05) is 29.7 Å². The van der Waals surface area contributed by atoms with Crippen LogP contribution in [-0.4, -0.2) is 16.7 Å². The van der Waals surface area contributed by atoms with Crippen molar-refractivity contribution in [2.45, 2.75) is 5.92 Å². The number of benzene rings is 3. The number of nitrogens with zero attached hydrogens (tertiary/aromatic N) is 2. The number of aryl methyl sites for hydroxylation is 1. The fraction of sp³-hybridized carbons (Fsp3) is 0.0833. The van der Waals surface area contributed by atoms with Crippen molar-refractivity contribution < 1.29 is 4.79 Å². The number of hydrogen-bond acceptors (Lipinski definition) is 2. The molecule has 0 aliphatic carbocycles. The van der Waals surface area contributed by atoms with Gasteiger partial charge in [0.1, 0.15) is 0 Å². The summed E-state index contributed by atoms with van der Waals surface area (Å²) < 4.78 is 2.05. The van der Waals surface area contributed by atoms with Gasteiger partial charge in [-0.1, -0.05) is 78.9 Å². The van der Waals surface area contributed by atoms with Crippen LogP contribution in [0.2, 0.25) is 0 Å². The zero-order chi connectivity index (χ0) is 19.3. The molecule has 0 aliphatic rings. The highest BCUT2D eigenvalue weighted by Gasteiger charge is 2.22. The number of nitrogens with one attached hydrogen (secondary N) is 1. The first-order chi connectivity index (χ1) is 13.7.